The summed E-state index contributed by atoms with van der Waals surface area (Å²) >= 11 is 3.49. The molecule has 1 aliphatic heterocycles. The Morgan fingerprint density at radius 2 is 2.24 bits per heavy atom. The Kier molecular flexibility index (Phi) is 4.01. The molecule has 0 bridgehead atoms. The summed E-state index contributed by atoms with van der Waals surface area (Å²) in [4.78, 5) is 4.25. The van der Waals surface area contributed by atoms with Crippen LogP contribution in [0.2, 0.25) is 0 Å². The molecule has 94 valence electrons. The number of pyridine rings is 1. The van der Waals surface area contributed by atoms with Crippen LogP contribution in [0.15, 0.2) is 16.7 Å². The number of hydrogen-bond acceptors (Lipinski definition) is 4. The molecule has 0 unspecified atom stereocenters. The third kappa shape index (κ3) is 3.18. The SMILES string of the molecule is Cc1ccnc(NCC2(O)CCOCC2)c1Br. The van der Waals surface area contributed by atoms with Crippen LogP contribution in [0.3, 0.4) is 0 Å². The van der Waals surface area contributed by atoms with Gasteiger partial charge in [-0.25, -0.2) is 4.98 Å². The second-order valence-electron chi connectivity index (χ2n) is 4.48. The van der Waals surface area contributed by atoms with Crippen molar-refractivity contribution in [3.8, 4) is 0 Å². The lowest BCUT2D eigenvalue weighted by atomic mass is 9.94. The third-order valence-corrected chi connectivity index (χ3v) is 4.09. The first kappa shape index (κ1) is 12.8. The van der Waals surface area contributed by atoms with Crippen molar-refractivity contribution in [1.82, 2.24) is 4.98 Å². The van der Waals surface area contributed by atoms with Crippen LogP contribution in [0.4, 0.5) is 5.82 Å². The van der Waals surface area contributed by atoms with Crippen LogP contribution in [-0.2, 0) is 4.74 Å². The maximum Gasteiger partial charge on any atom is 0.140 e. The summed E-state index contributed by atoms with van der Waals surface area (Å²) in [6.07, 6.45) is 3.10. The molecule has 4 nitrogen and oxygen atoms in total. The maximum absolute atomic E-state index is 10.3. The second-order valence-corrected chi connectivity index (χ2v) is 5.27. The summed E-state index contributed by atoms with van der Waals surface area (Å²) < 4.78 is 6.20. The van der Waals surface area contributed by atoms with Crippen molar-refractivity contribution < 1.29 is 9.84 Å². The van der Waals surface area contributed by atoms with E-state index >= 15 is 0 Å². The maximum atomic E-state index is 10.3. The smallest absolute Gasteiger partial charge is 0.140 e. The first-order valence-electron chi connectivity index (χ1n) is 5.76. The highest BCUT2D eigenvalue weighted by molar-refractivity contribution is 9.10. The zero-order valence-electron chi connectivity index (χ0n) is 9.87. The van der Waals surface area contributed by atoms with Crippen molar-refractivity contribution in [1.29, 1.82) is 0 Å². The third-order valence-electron chi connectivity index (χ3n) is 3.09. The molecule has 2 N–H and O–H groups in total. The molecular formula is C12H17BrN2O2. The minimum atomic E-state index is -0.677. The number of aromatic nitrogens is 1. The standard InChI is InChI=1S/C12H17BrN2O2/c1-9-2-5-14-11(10(9)13)15-8-12(16)3-6-17-7-4-12/h2,5,16H,3-4,6-8H2,1H3,(H,14,15). The molecule has 2 rings (SSSR count). The van der Waals surface area contributed by atoms with Crippen LogP contribution in [0.1, 0.15) is 18.4 Å². The Balaban J connectivity index is 1.99. The van der Waals surface area contributed by atoms with Gasteiger partial charge in [0.15, 0.2) is 0 Å². The van der Waals surface area contributed by atoms with Gasteiger partial charge < -0.3 is 15.2 Å². The molecule has 0 saturated carbocycles. The number of rotatable bonds is 3. The van der Waals surface area contributed by atoms with E-state index in [1.54, 1.807) is 6.20 Å². The lowest BCUT2D eigenvalue weighted by molar-refractivity contribution is -0.0543. The summed E-state index contributed by atoms with van der Waals surface area (Å²) in [7, 11) is 0. The fourth-order valence-electron chi connectivity index (χ4n) is 1.84. The minimum absolute atomic E-state index is 0.505. The average molecular weight is 301 g/mol. The van der Waals surface area contributed by atoms with Gasteiger partial charge in [-0.3, -0.25) is 0 Å². The molecule has 5 heteroatoms. The summed E-state index contributed by atoms with van der Waals surface area (Å²) in [6, 6.07) is 1.94. The van der Waals surface area contributed by atoms with Gasteiger partial charge in [0.1, 0.15) is 5.82 Å². The van der Waals surface area contributed by atoms with E-state index in [-0.39, 0.29) is 0 Å². The molecule has 17 heavy (non-hydrogen) atoms. The minimum Gasteiger partial charge on any atom is -0.388 e. The van der Waals surface area contributed by atoms with Gasteiger partial charge >= 0.3 is 0 Å². The molecule has 0 aromatic carbocycles. The average Bonchev–Trinajstić information content (AvgIpc) is 2.32. The van der Waals surface area contributed by atoms with E-state index < -0.39 is 5.60 Å². The van der Waals surface area contributed by atoms with Gasteiger partial charge in [-0.2, -0.15) is 0 Å². The number of nitrogens with one attached hydrogen (secondary N) is 1. The topological polar surface area (TPSA) is 54.4 Å². The van der Waals surface area contributed by atoms with Crippen LogP contribution in [0.5, 0.6) is 0 Å². The number of anilines is 1. The van der Waals surface area contributed by atoms with E-state index in [9.17, 15) is 5.11 Å². The van der Waals surface area contributed by atoms with Crippen molar-refractivity contribution >= 4 is 21.7 Å². The number of ether oxygens (including phenoxy) is 1. The highest BCUT2D eigenvalue weighted by Crippen LogP contribution is 2.25. The van der Waals surface area contributed by atoms with Crippen LogP contribution in [0.25, 0.3) is 0 Å². The van der Waals surface area contributed by atoms with Crippen molar-refractivity contribution in [3.63, 3.8) is 0 Å². The molecule has 2 heterocycles. The molecule has 1 aromatic rings. The van der Waals surface area contributed by atoms with Crippen LogP contribution < -0.4 is 5.32 Å². The second kappa shape index (κ2) is 5.33. The predicted octanol–water partition coefficient (Wildman–Crippen LogP) is 2.11. The Hall–Kier alpha value is -0.650. The van der Waals surface area contributed by atoms with Gasteiger partial charge in [0, 0.05) is 38.8 Å². The number of aliphatic hydroxyl groups is 1. The Labute approximate surface area is 110 Å². The molecule has 0 radical (unpaired) electrons. The van der Waals surface area contributed by atoms with E-state index in [1.807, 2.05) is 13.0 Å². The monoisotopic (exact) mass is 300 g/mol. The molecule has 0 atom stereocenters. The first-order chi connectivity index (χ1) is 8.11. The quantitative estimate of drug-likeness (QED) is 0.898. The zero-order chi connectivity index (χ0) is 12.3. The number of nitrogens with zero attached hydrogens (tertiary/aromatic N) is 1. The lowest BCUT2D eigenvalue weighted by Gasteiger charge is -2.32. The lowest BCUT2D eigenvalue weighted by Crippen LogP contribution is -2.42. The molecule has 1 fully saturated rings. The van der Waals surface area contributed by atoms with E-state index in [4.69, 9.17) is 4.74 Å². The van der Waals surface area contributed by atoms with Crippen LogP contribution in [0, 0.1) is 6.92 Å². The highest BCUT2D eigenvalue weighted by atomic mass is 79.9. The normalized spacial score (nSPS) is 19.0. The number of aryl methyl sites for hydroxylation is 1. The first-order valence-corrected chi connectivity index (χ1v) is 6.55. The molecule has 1 saturated heterocycles. The van der Waals surface area contributed by atoms with E-state index in [0.29, 0.717) is 32.6 Å². The predicted molar refractivity (Wildman–Crippen MR) is 70.2 cm³/mol. The molecule has 1 aliphatic rings. The molecule has 0 amide bonds. The zero-order valence-corrected chi connectivity index (χ0v) is 11.5. The van der Waals surface area contributed by atoms with E-state index in [2.05, 4.69) is 26.2 Å². The molecule has 0 spiro atoms. The molecule has 1 aromatic heterocycles. The fourth-order valence-corrected chi connectivity index (χ4v) is 2.21. The van der Waals surface area contributed by atoms with Gasteiger partial charge in [0.2, 0.25) is 0 Å². The fraction of sp³-hybridized carbons (Fsp3) is 0.583. The van der Waals surface area contributed by atoms with Crippen molar-refractivity contribution in [3.05, 3.63) is 22.3 Å². The van der Waals surface area contributed by atoms with Crippen molar-refractivity contribution in [2.45, 2.75) is 25.4 Å². The van der Waals surface area contributed by atoms with Crippen LogP contribution in [-0.4, -0.2) is 35.5 Å². The molecular weight excluding hydrogens is 284 g/mol. The largest absolute Gasteiger partial charge is 0.388 e. The van der Waals surface area contributed by atoms with Gasteiger partial charge in [0.05, 0.1) is 10.1 Å². The van der Waals surface area contributed by atoms with Gasteiger partial charge in [-0.1, -0.05) is 0 Å². The van der Waals surface area contributed by atoms with Crippen LogP contribution >= 0.6 is 15.9 Å². The van der Waals surface area contributed by atoms with Gasteiger partial charge in [-0.15, -0.1) is 0 Å². The summed E-state index contributed by atoms with van der Waals surface area (Å²) in [5.74, 6) is 0.782. The summed E-state index contributed by atoms with van der Waals surface area (Å²) in [5.41, 5.74) is 0.449. The van der Waals surface area contributed by atoms with E-state index in [0.717, 1.165) is 15.9 Å². The van der Waals surface area contributed by atoms with Gasteiger partial charge in [0.25, 0.3) is 0 Å². The highest BCUT2D eigenvalue weighted by Gasteiger charge is 2.29. The Morgan fingerprint density at radius 1 is 1.53 bits per heavy atom. The summed E-state index contributed by atoms with van der Waals surface area (Å²) in [5, 5.41) is 13.5. The van der Waals surface area contributed by atoms with Gasteiger partial charge in [-0.05, 0) is 34.5 Å². The summed E-state index contributed by atoms with van der Waals surface area (Å²) in [6.45, 7) is 3.77. The Bertz CT molecular complexity index is 392. The van der Waals surface area contributed by atoms with Crippen molar-refractivity contribution in [2.24, 2.45) is 0 Å². The number of hydrogen-bond donors (Lipinski definition) is 2. The van der Waals surface area contributed by atoms with E-state index in [1.165, 1.54) is 0 Å². The number of halogens is 1. The molecule has 0 aliphatic carbocycles. The van der Waals surface area contributed by atoms with Crippen molar-refractivity contribution in [2.75, 3.05) is 25.1 Å². The Morgan fingerprint density at radius 3 is 2.94 bits per heavy atom.